The highest BCUT2D eigenvalue weighted by Gasteiger charge is 2.57. The summed E-state index contributed by atoms with van der Waals surface area (Å²) in [7, 11) is -0.968. The number of piperidine rings is 1. The summed E-state index contributed by atoms with van der Waals surface area (Å²) in [4.78, 5) is 12.6. The lowest BCUT2D eigenvalue weighted by atomic mass is 9.92. The molecule has 142 valence electrons. The summed E-state index contributed by atoms with van der Waals surface area (Å²) >= 11 is 0. The molecule has 1 spiro atoms. The van der Waals surface area contributed by atoms with Crippen LogP contribution in [0.15, 0.2) is 54.6 Å². The second-order valence-corrected chi connectivity index (χ2v) is 9.23. The van der Waals surface area contributed by atoms with E-state index in [9.17, 15) is 9.00 Å². The van der Waals surface area contributed by atoms with Gasteiger partial charge in [-0.05, 0) is 61.0 Å². The number of hydrogen-bond donors (Lipinski definition) is 2. The number of benzene rings is 2. The van der Waals surface area contributed by atoms with E-state index in [1.807, 2.05) is 54.6 Å². The fourth-order valence-corrected chi connectivity index (χ4v) is 5.38. The molecule has 2 aliphatic rings. The highest BCUT2D eigenvalue weighted by atomic mass is 32.2. The Morgan fingerprint density at radius 1 is 1.04 bits per heavy atom. The molecule has 0 aromatic heterocycles. The highest BCUT2D eigenvalue weighted by molar-refractivity contribution is 7.83. The van der Waals surface area contributed by atoms with Crippen molar-refractivity contribution < 1.29 is 9.00 Å². The summed E-state index contributed by atoms with van der Waals surface area (Å²) in [6, 6.07) is 17.7. The Bertz CT molecular complexity index is 831. The molecule has 2 aromatic carbocycles. The number of nitrogens with one attached hydrogen (secondary N) is 2. The van der Waals surface area contributed by atoms with E-state index in [4.69, 9.17) is 0 Å². The van der Waals surface area contributed by atoms with E-state index in [1.165, 1.54) is 0 Å². The van der Waals surface area contributed by atoms with Crippen LogP contribution in [0.2, 0.25) is 0 Å². The van der Waals surface area contributed by atoms with E-state index in [-0.39, 0.29) is 17.2 Å². The Morgan fingerprint density at radius 2 is 1.74 bits per heavy atom. The van der Waals surface area contributed by atoms with E-state index in [2.05, 4.69) is 10.6 Å². The van der Waals surface area contributed by atoms with Gasteiger partial charge in [-0.1, -0.05) is 42.5 Å². The summed E-state index contributed by atoms with van der Waals surface area (Å²) in [6.07, 6.45) is 3.22. The minimum absolute atomic E-state index is 0.138. The summed E-state index contributed by atoms with van der Waals surface area (Å²) in [6.45, 7) is 2.04. The van der Waals surface area contributed by atoms with Crippen LogP contribution >= 0.6 is 0 Å². The van der Waals surface area contributed by atoms with Crippen LogP contribution in [0, 0.1) is 11.3 Å². The smallest absolute Gasteiger partial charge is 0.228 e. The van der Waals surface area contributed by atoms with Crippen molar-refractivity contribution in [3.05, 3.63) is 65.7 Å². The second-order valence-electron chi connectivity index (χ2n) is 7.77. The maximum absolute atomic E-state index is 12.6. The predicted octanol–water partition coefficient (Wildman–Crippen LogP) is 3.46. The molecule has 2 N–H and O–H groups in total. The van der Waals surface area contributed by atoms with Gasteiger partial charge >= 0.3 is 0 Å². The molecule has 4 rings (SSSR count). The van der Waals surface area contributed by atoms with Gasteiger partial charge < -0.3 is 10.6 Å². The maximum Gasteiger partial charge on any atom is 0.228 e. The van der Waals surface area contributed by atoms with Gasteiger partial charge in [0.1, 0.15) is 0 Å². The van der Waals surface area contributed by atoms with Gasteiger partial charge in [-0.3, -0.25) is 9.00 Å². The standard InChI is InChI=1S/C22H26N2O2S/c25-21(20-14-22(20)9-11-23-12-10-22)24-19-8-4-7-18(13-19)16-27(26)15-17-5-2-1-3-6-17/h1-8,13,20,23H,9-12,14-16H2,(H,24,25). The number of carbonyl (C=O) groups is 1. The first-order valence-corrected chi connectivity index (χ1v) is 11.1. The van der Waals surface area contributed by atoms with Crippen LogP contribution in [0.4, 0.5) is 5.69 Å². The van der Waals surface area contributed by atoms with E-state index >= 15 is 0 Å². The van der Waals surface area contributed by atoms with E-state index < -0.39 is 10.8 Å². The first-order chi connectivity index (χ1) is 13.1. The number of amides is 1. The van der Waals surface area contributed by atoms with Crippen molar-refractivity contribution in [2.45, 2.75) is 30.8 Å². The Morgan fingerprint density at radius 3 is 2.52 bits per heavy atom. The van der Waals surface area contributed by atoms with Crippen LogP contribution in [0.1, 0.15) is 30.4 Å². The minimum atomic E-state index is -0.968. The van der Waals surface area contributed by atoms with Gasteiger partial charge in [-0.25, -0.2) is 0 Å². The quantitative estimate of drug-likeness (QED) is 0.804. The molecule has 2 unspecified atom stereocenters. The lowest BCUT2D eigenvalue weighted by Gasteiger charge is -2.23. The minimum Gasteiger partial charge on any atom is -0.326 e. The molecule has 2 atom stereocenters. The largest absolute Gasteiger partial charge is 0.326 e. The zero-order chi connectivity index (χ0) is 18.7. The van der Waals surface area contributed by atoms with Crippen LogP contribution in [0.25, 0.3) is 0 Å². The zero-order valence-electron chi connectivity index (χ0n) is 15.4. The molecular weight excluding hydrogens is 356 g/mol. The van der Waals surface area contributed by atoms with Crippen LogP contribution in [-0.2, 0) is 27.1 Å². The summed E-state index contributed by atoms with van der Waals surface area (Å²) in [5, 5.41) is 6.45. The van der Waals surface area contributed by atoms with Gasteiger partial charge in [-0.15, -0.1) is 0 Å². The van der Waals surface area contributed by atoms with Gasteiger partial charge in [0.2, 0.25) is 5.91 Å². The van der Waals surface area contributed by atoms with Crippen molar-refractivity contribution in [1.29, 1.82) is 0 Å². The van der Waals surface area contributed by atoms with E-state index in [0.717, 1.165) is 49.2 Å². The SMILES string of the molecule is O=C(Nc1cccc(CS(=O)Cc2ccccc2)c1)C1CC12CCNCC2. The molecule has 1 aliphatic heterocycles. The van der Waals surface area contributed by atoms with Gasteiger partial charge in [0.25, 0.3) is 0 Å². The third-order valence-corrected chi connectivity index (χ3v) is 7.11. The van der Waals surface area contributed by atoms with Crippen molar-refractivity contribution >= 4 is 22.4 Å². The Hall–Kier alpha value is -1.98. The molecule has 0 radical (unpaired) electrons. The normalized spacial score (nSPS) is 21.6. The molecule has 27 heavy (non-hydrogen) atoms. The molecule has 2 aromatic rings. The molecule has 5 heteroatoms. The molecule has 1 amide bonds. The third-order valence-electron chi connectivity index (χ3n) is 5.80. The maximum atomic E-state index is 12.6. The average molecular weight is 383 g/mol. The second kappa shape index (κ2) is 7.95. The van der Waals surface area contributed by atoms with Crippen LogP contribution in [-0.4, -0.2) is 23.2 Å². The Kier molecular flexibility index (Phi) is 5.41. The van der Waals surface area contributed by atoms with E-state index in [0.29, 0.717) is 11.5 Å². The van der Waals surface area contributed by atoms with Gasteiger partial charge in [0.15, 0.2) is 0 Å². The number of anilines is 1. The lowest BCUT2D eigenvalue weighted by Crippen LogP contribution is -2.31. The van der Waals surface area contributed by atoms with E-state index in [1.54, 1.807) is 0 Å². The first-order valence-electron chi connectivity index (χ1n) is 9.64. The van der Waals surface area contributed by atoms with Crippen LogP contribution < -0.4 is 10.6 Å². The topological polar surface area (TPSA) is 58.2 Å². The average Bonchev–Trinajstić information content (AvgIpc) is 3.36. The fraction of sp³-hybridized carbons (Fsp3) is 0.409. The molecular formula is C22H26N2O2S. The van der Waals surface area contributed by atoms with Crippen LogP contribution in [0.3, 0.4) is 0 Å². The Balaban J connectivity index is 1.34. The predicted molar refractivity (Wildman–Crippen MR) is 110 cm³/mol. The summed E-state index contributed by atoms with van der Waals surface area (Å²) in [5.74, 6) is 1.34. The number of carbonyl (C=O) groups excluding carboxylic acids is 1. The van der Waals surface area contributed by atoms with Crippen LogP contribution in [0.5, 0.6) is 0 Å². The molecule has 0 bridgehead atoms. The van der Waals surface area contributed by atoms with Gasteiger partial charge in [0.05, 0.1) is 0 Å². The van der Waals surface area contributed by atoms with Crippen molar-refractivity contribution in [1.82, 2.24) is 5.32 Å². The molecule has 1 saturated heterocycles. The van der Waals surface area contributed by atoms with Gasteiger partial charge in [0, 0.05) is 33.9 Å². The molecule has 1 heterocycles. The fourth-order valence-electron chi connectivity index (χ4n) is 4.16. The molecule has 4 nitrogen and oxygen atoms in total. The van der Waals surface area contributed by atoms with Crippen molar-refractivity contribution in [3.63, 3.8) is 0 Å². The monoisotopic (exact) mass is 382 g/mol. The summed E-state index contributed by atoms with van der Waals surface area (Å²) in [5.41, 5.74) is 3.13. The molecule has 1 aliphatic carbocycles. The van der Waals surface area contributed by atoms with Crippen molar-refractivity contribution in [2.75, 3.05) is 18.4 Å². The lowest BCUT2D eigenvalue weighted by molar-refractivity contribution is -0.118. The Labute approximate surface area is 163 Å². The third kappa shape index (κ3) is 4.47. The summed E-state index contributed by atoms with van der Waals surface area (Å²) < 4.78 is 12.5. The van der Waals surface area contributed by atoms with Crippen molar-refractivity contribution in [3.8, 4) is 0 Å². The first kappa shape index (κ1) is 18.4. The molecule has 1 saturated carbocycles. The van der Waals surface area contributed by atoms with Gasteiger partial charge in [-0.2, -0.15) is 0 Å². The molecule has 2 fully saturated rings. The number of hydrogen-bond acceptors (Lipinski definition) is 3. The van der Waals surface area contributed by atoms with Crippen molar-refractivity contribution in [2.24, 2.45) is 11.3 Å². The number of rotatable bonds is 6. The zero-order valence-corrected chi connectivity index (χ0v) is 16.3. The highest BCUT2D eigenvalue weighted by Crippen LogP contribution is 2.58.